The van der Waals surface area contributed by atoms with Crippen LogP contribution in [0.2, 0.25) is 0 Å². The Balaban J connectivity index is 1.80. The summed E-state index contributed by atoms with van der Waals surface area (Å²) in [6.45, 7) is 1.11. The maximum atomic E-state index is 13.5. The number of hydrogen-bond acceptors (Lipinski definition) is 2. The van der Waals surface area contributed by atoms with E-state index in [1.54, 1.807) is 11.0 Å². The zero-order valence-corrected chi connectivity index (χ0v) is 12.3. The summed E-state index contributed by atoms with van der Waals surface area (Å²) in [5.41, 5.74) is 6.25. The van der Waals surface area contributed by atoms with Crippen LogP contribution in [0, 0.1) is 23.6 Å². The zero-order valence-electron chi connectivity index (χ0n) is 12.3. The van der Waals surface area contributed by atoms with E-state index in [0.717, 1.165) is 18.8 Å². The molecule has 0 aliphatic heterocycles. The van der Waals surface area contributed by atoms with Gasteiger partial charge in [0.2, 0.25) is 5.91 Å². The van der Waals surface area contributed by atoms with Crippen LogP contribution in [0.5, 0.6) is 0 Å². The number of amides is 1. The number of carbonyl (C=O) groups excluding carboxylic acids is 1. The lowest BCUT2D eigenvalue weighted by molar-refractivity contribution is -0.123. The minimum absolute atomic E-state index is 0.129. The Kier molecular flexibility index (Phi) is 4.24. The van der Waals surface area contributed by atoms with Crippen LogP contribution < -0.4 is 10.6 Å². The maximum absolute atomic E-state index is 13.5. The third-order valence-corrected chi connectivity index (χ3v) is 5.03. The molecule has 21 heavy (non-hydrogen) atoms. The molecule has 2 fully saturated rings. The largest absolute Gasteiger partial charge is 0.330 e. The molecule has 2 aliphatic carbocycles. The molecular formula is C17H23FN2O. The van der Waals surface area contributed by atoms with Gasteiger partial charge in [-0.25, -0.2) is 4.39 Å². The van der Waals surface area contributed by atoms with Crippen molar-refractivity contribution in [2.24, 2.45) is 23.5 Å². The van der Waals surface area contributed by atoms with Gasteiger partial charge >= 0.3 is 0 Å². The Bertz CT molecular complexity index is 519. The molecule has 0 saturated heterocycles. The first-order valence-corrected chi connectivity index (χ1v) is 7.96. The molecule has 2 bridgehead atoms. The van der Waals surface area contributed by atoms with Crippen molar-refractivity contribution in [2.45, 2.75) is 32.1 Å². The van der Waals surface area contributed by atoms with Crippen LogP contribution in [0.4, 0.5) is 10.1 Å². The molecule has 1 aromatic carbocycles. The van der Waals surface area contributed by atoms with Crippen molar-refractivity contribution < 1.29 is 9.18 Å². The second-order valence-electron chi connectivity index (χ2n) is 6.39. The second-order valence-corrected chi connectivity index (χ2v) is 6.39. The summed E-state index contributed by atoms with van der Waals surface area (Å²) in [4.78, 5) is 14.7. The highest BCUT2D eigenvalue weighted by molar-refractivity contribution is 5.95. The number of fused-ring (bicyclic) bond motifs is 2. The lowest BCUT2D eigenvalue weighted by Crippen LogP contribution is -2.39. The van der Waals surface area contributed by atoms with E-state index in [1.165, 1.54) is 31.4 Å². The summed E-state index contributed by atoms with van der Waals surface area (Å²) in [6, 6.07) is 6.33. The molecule has 1 amide bonds. The molecule has 2 N–H and O–H groups in total. The third-order valence-electron chi connectivity index (χ3n) is 5.03. The quantitative estimate of drug-likeness (QED) is 0.906. The Morgan fingerprint density at radius 1 is 1.33 bits per heavy atom. The standard InChI is InChI=1S/C17H23FN2O/c18-14-3-1-4-15(11-14)20(8-2-7-19)17(21)16-10-12-5-6-13(16)9-12/h1,3-4,11-13,16H,2,5-10,19H2. The monoisotopic (exact) mass is 290 g/mol. The fourth-order valence-corrected chi connectivity index (χ4v) is 4.01. The lowest BCUT2D eigenvalue weighted by atomic mass is 9.87. The van der Waals surface area contributed by atoms with Gasteiger partial charge in [0, 0.05) is 18.2 Å². The first-order chi connectivity index (χ1) is 10.2. The van der Waals surface area contributed by atoms with Crippen molar-refractivity contribution in [1.82, 2.24) is 0 Å². The average Bonchev–Trinajstić information content (AvgIpc) is 3.10. The van der Waals surface area contributed by atoms with Crippen molar-refractivity contribution in [2.75, 3.05) is 18.0 Å². The number of nitrogens with two attached hydrogens (primary N) is 1. The smallest absolute Gasteiger partial charge is 0.230 e. The van der Waals surface area contributed by atoms with E-state index < -0.39 is 0 Å². The van der Waals surface area contributed by atoms with Crippen LogP contribution >= 0.6 is 0 Å². The minimum Gasteiger partial charge on any atom is -0.330 e. The van der Waals surface area contributed by atoms with Gasteiger partial charge in [-0.05, 0) is 62.3 Å². The molecule has 0 aromatic heterocycles. The van der Waals surface area contributed by atoms with E-state index in [4.69, 9.17) is 5.73 Å². The molecule has 0 radical (unpaired) electrons. The van der Waals surface area contributed by atoms with Crippen LogP contribution in [0.3, 0.4) is 0 Å². The molecule has 0 spiro atoms. The molecule has 2 saturated carbocycles. The molecule has 3 nitrogen and oxygen atoms in total. The van der Waals surface area contributed by atoms with E-state index in [0.29, 0.717) is 24.7 Å². The fraction of sp³-hybridized carbons (Fsp3) is 0.588. The molecule has 3 atom stereocenters. The van der Waals surface area contributed by atoms with Crippen molar-refractivity contribution in [3.05, 3.63) is 30.1 Å². The van der Waals surface area contributed by atoms with Gasteiger partial charge in [-0.1, -0.05) is 12.5 Å². The van der Waals surface area contributed by atoms with Gasteiger partial charge in [0.1, 0.15) is 5.82 Å². The number of carbonyl (C=O) groups is 1. The minimum atomic E-state index is -0.300. The Morgan fingerprint density at radius 3 is 2.81 bits per heavy atom. The van der Waals surface area contributed by atoms with Crippen LogP contribution in [0.1, 0.15) is 32.1 Å². The molecule has 114 valence electrons. The normalized spacial score (nSPS) is 27.0. The predicted molar refractivity (Wildman–Crippen MR) is 81.4 cm³/mol. The molecular weight excluding hydrogens is 267 g/mol. The molecule has 3 rings (SSSR count). The highest BCUT2D eigenvalue weighted by Crippen LogP contribution is 2.49. The summed E-state index contributed by atoms with van der Waals surface area (Å²) in [7, 11) is 0. The van der Waals surface area contributed by atoms with Gasteiger partial charge in [-0.15, -0.1) is 0 Å². The van der Waals surface area contributed by atoms with Gasteiger partial charge in [0.25, 0.3) is 0 Å². The summed E-state index contributed by atoms with van der Waals surface area (Å²) in [5.74, 6) is 1.27. The third kappa shape index (κ3) is 2.95. The van der Waals surface area contributed by atoms with Crippen LogP contribution in [0.15, 0.2) is 24.3 Å². The Hall–Kier alpha value is -1.42. The fourth-order valence-electron chi connectivity index (χ4n) is 4.01. The Labute approximate surface area is 125 Å². The van der Waals surface area contributed by atoms with Gasteiger partial charge in [0.05, 0.1) is 0 Å². The van der Waals surface area contributed by atoms with Gasteiger partial charge in [-0.2, -0.15) is 0 Å². The first kappa shape index (κ1) is 14.5. The first-order valence-electron chi connectivity index (χ1n) is 7.96. The molecule has 4 heteroatoms. The van der Waals surface area contributed by atoms with E-state index in [9.17, 15) is 9.18 Å². The molecule has 0 heterocycles. The van der Waals surface area contributed by atoms with Gasteiger partial charge in [-0.3, -0.25) is 4.79 Å². The molecule has 3 unspecified atom stereocenters. The van der Waals surface area contributed by atoms with Gasteiger partial charge < -0.3 is 10.6 Å². The van der Waals surface area contributed by atoms with Crippen molar-refractivity contribution >= 4 is 11.6 Å². The highest BCUT2D eigenvalue weighted by Gasteiger charge is 2.44. The maximum Gasteiger partial charge on any atom is 0.230 e. The molecule has 2 aliphatic rings. The summed E-state index contributed by atoms with van der Waals surface area (Å²) < 4.78 is 13.5. The molecule has 1 aromatic rings. The van der Waals surface area contributed by atoms with Crippen LogP contribution in [-0.4, -0.2) is 19.0 Å². The topological polar surface area (TPSA) is 46.3 Å². The van der Waals surface area contributed by atoms with E-state index in [2.05, 4.69) is 0 Å². The summed E-state index contributed by atoms with van der Waals surface area (Å²) in [6.07, 6.45) is 5.40. The van der Waals surface area contributed by atoms with Crippen molar-refractivity contribution in [1.29, 1.82) is 0 Å². The van der Waals surface area contributed by atoms with E-state index in [-0.39, 0.29) is 17.6 Å². The zero-order chi connectivity index (χ0) is 14.8. The van der Waals surface area contributed by atoms with Crippen molar-refractivity contribution in [3.8, 4) is 0 Å². The predicted octanol–water partition coefficient (Wildman–Crippen LogP) is 2.94. The highest BCUT2D eigenvalue weighted by atomic mass is 19.1. The van der Waals surface area contributed by atoms with Crippen LogP contribution in [-0.2, 0) is 4.79 Å². The second kappa shape index (κ2) is 6.14. The van der Waals surface area contributed by atoms with Crippen molar-refractivity contribution in [3.63, 3.8) is 0 Å². The SMILES string of the molecule is NCCCN(C(=O)C1CC2CCC1C2)c1cccc(F)c1. The van der Waals surface area contributed by atoms with Gasteiger partial charge in [0.15, 0.2) is 0 Å². The number of rotatable bonds is 5. The van der Waals surface area contributed by atoms with E-state index >= 15 is 0 Å². The van der Waals surface area contributed by atoms with E-state index in [1.807, 2.05) is 6.07 Å². The number of nitrogens with zero attached hydrogens (tertiary/aromatic N) is 1. The number of halogens is 1. The number of benzene rings is 1. The number of anilines is 1. The summed E-state index contributed by atoms with van der Waals surface area (Å²) >= 11 is 0. The van der Waals surface area contributed by atoms with Crippen LogP contribution in [0.25, 0.3) is 0 Å². The summed E-state index contributed by atoms with van der Waals surface area (Å²) in [5, 5.41) is 0. The lowest BCUT2D eigenvalue weighted by Gasteiger charge is -2.29. The average molecular weight is 290 g/mol. The Morgan fingerprint density at radius 2 is 2.19 bits per heavy atom. The number of hydrogen-bond donors (Lipinski definition) is 1.